The predicted octanol–water partition coefficient (Wildman–Crippen LogP) is 1.21. The summed E-state index contributed by atoms with van der Waals surface area (Å²) in [5.74, 6) is 0.122. The average molecular weight is 273 g/mol. The van der Waals surface area contributed by atoms with Gasteiger partial charge in [-0.2, -0.15) is 5.10 Å². The van der Waals surface area contributed by atoms with Gasteiger partial charge in [0.15, 0.2) is 9.84 Å². The monoisotopic (exact) mass is 273 g/mol. The normalized spacial score (nSPS) is 12.9. The molecule has 1 aromatic heterocycles. The average Bonchev–Trinajstić information content (AvgIpc) is 2.69. The zero-order valence-corrected chi connectivity index (χ0v) is 12.4. The minimum atomic E-state index is -3.09. The Morgan fingerprint density at radius 2 is 2.06 bits per heavy atom. The molecule has 0 spiro atoms. The topological polar surface area (TPSA) is 64.0 Å². The molecular weight excluding hydrogens is 250 g/mol. The number of aromatic nitrogens is 2. The van der Waals surface area contributed by atoms with E-state index in [1.54, 1.807) is 31.6 Å². The van der Waals surface area contributed by atoms with Crippen LogP contribution in [0.2, 0.25) is 0 Å². The summed E-state index contributed by atoms with van der Waals surface area (Å²) in [5, 5.41) is 7.37. The molecule has 18 heavy (non-hydrogen) atoms. The lowest BCUT2D eigenvalue weighted by atomic mass is 10.3. The van der Waals surface area contributed by atoms with Crippen LogP contribution in [0, 0.1) is 0 Å². The Morgan fingerprint density at radius 1 is 1.39 bits per heavy atom. The molecule has 104 valence electrons. The van der Waals surface area contributed by atoms with E-state index in [9.17, 15) is 8.42 Å². The lowest BCUT2D eigenvalue weighted by Crippen LogP contribution is -2.32. The first kappa shape index (κ1) is 15.2. The molecule has 0 unspecified atom stereocenters. The largest absolute Gasteiger partial charge is 0.311 e. The fourth-order valence-corrected chi connectivity index (χ4v) is 2.50. The van der Waals surface area contributed by atoms with Crippen LogP contribution >= 0.6 is 0 Å². The highest BCUT2D eigenvalue weighted by Crippen LogP contribution is 2.16. The molecule has 0 amide bonds. The number of hydrogen-bond donors (Lipinski definition) is 1. The van der Waals surface area contributed by atoms with E-state index in [0.29, 0.717) is 13.1 Å². The van der Waals surface area contributed by atoms with Crippen molar-refractivity contribution in [1.82, 2.24) is 15.1 Å². The Bertz CT molecular complexity index is 472. The van der Waals surface area contributed by atoms with Crippen molar-refractivity contribution in [2.45, 2.75) is 45.5 Å². The van der Waals surface area contributed by atoms with Gasteiger partial charge in [-0.25, -0.2) is 8.42 Å². The molecular formula is C12H23N3O2S. The summed E-state index contributed by atoms with van der Waals surface area (Å²) >= 11 is 0. The smallest absolute Gasteiger partial charge is 0.157 e. The molecule has 0 aliphatic heterocycles. The van der Waals surface area contributed by atoms with Crippen LogP contribution < -0.4 is 5.32 Å². The van der Waals surface area contributed by atoms with Gasteiger partial charge in [0.2, 0.25) is 0 Å². The maximum Gasteiger partial charge on any atom is 0.157 e. The van der Waals surface area contributed by atoms with Crippen molar-refractivity contribution in [1.29, 1.82) is 0 Å². The Hall–Kier alpha value is -0.880. The molecule has 0 saturated carbocycles. The summed E-state index contributed by atoms with van der Waals surface area (Å²) in [6, 6.07) is 1.91. The molecule has 1 aromatic rings. The quantitative estimate of drug-likeness (QED) is 0.846. The van der Waals surface area contributed by atoms with Crippen LogP contribution in [0.4, 0.5) is 0 Å². The maximum absolute atomic E-state index is 12.0. The van der Waals surface area contributed by atoms with Crippen LogP contribution in [0.25, 0.3) is 0 Å². The minimum Gasteiger partial charge on any atom is -0.311 e. The lowest BCUT2D eigenvalue weighted by molar-refractivity contribution is 0.540. The molecule has 0 aromatic carbocycles. The number of sulfone groups is 1. The molecule has 0 bridgehead atoms. The molecule has 0 radical (unpaired) electrons. The van der Waals surface area contributed by atoms with Crippen LogP contribution in [0.1, 0.15) is 33.4 Å². The highest BCUT2D eigenvalue weighted by Gasteiger charge is 2.28. The van der Waals surface area contributed by atoms with Gasteiger partial charge in [-0.1, -0.05) is 6.92 Å². The molecule has 1 heterocycles. The zero-order valence-electron chi connectivity index (χ0n) is 11.6. The maximum atomic E-state index is 12.0. The van der Waals surface area contributed by atoms with Crippen LogP contribution in [0.3, 0.4) is 0 Å². The molecule has 0 saturated heterocycles. The second-order valence-corrected chi connectivity index (χ2v) is 8.12. The van der Waals surface area contributed by atoms with Crippen molar-refractivity contribution in [3.05, 3.63) is 18.0 Å². The van der Waals surface area contributed by atoms with E-state index in [4.69, 9.17) is 0 Å². The molecule has 5 nitrogen and oxygen atoms in total. The van der Waals surface area contributed by atoms with Crippen molar-refractivity contribution in [3.8, 4) is 0 Å². The summed E-state index contributed by atoms with van der Waals surface area (Å²) < 4.78 is 25.1. The van der Waals surface area contributed by atoms with Gasteiger partial charge in [0.1, 0.15) is 0 Å². The third kappa shape index (κ3) is 3.81. The van der Waals surface area contributed by atoms with E-state index in [0.717, 1.165) is 12.2 Å². The third-order valence-electron chi connectivity index (χ3n) is 2.87. The summed E-state index contributed by atoms with van der Waals surface area (Å²) in [7, 11) is -3.09. The fraction of sp³-hybridized carbons (Fsp3) is 0.750. The van der Waals surface area contributed by atoms with Crippen LogP contribution in [0.5, 0.6) is 0 Å². The minimum absolute atomic E-state index is 0.122. The van der Waals surface area contributed by atoms with Crippen molar-refractivity contribution in [2.24, 2.45) is 0 Å². The molecule has 1 rings (SSSR count). The number of aryl methyl sites for hydroxylation is 1. The third-order valence-corrected chi connectivity index (χ3v) is 5.45. The Labute approximate surface area is 109 Å². The highest BCUT2D eigenvalue weighted by molar-refractivity contribution is 7.92. The second kappa shape index (κ2) is 5.84. The van der Waals surface area contributed by atoms with E-state index >= 15 is 0 Å². The van der Waals surface area contributed by atoms with Crippen molar-refractivity contribution < 1.29 is 8.42 Å². The SMILES string of the molecule is CCNCc1ccnn1CCS(=O)(=O)C(C)(C)C. The number of hydrogen-bond acceptors (Lipinski definition) is 4. The van der Waals surface area contributed by atoms with Crippen molar-refractivity contribution >= 4 is 9.84 Å². The molecule has 0 atom stereocenters. The summed E-state index contributed by atoms with van der Waals surface area (Å²) in [6.07, 6.45) is 1.70. The lowest BCUT2D eigenvalue weighted by Gasteiger charge is -2.19. The van der Waals surface area contributed by atoms with Gasteiger partial charge in [0, 0.05) is 12.7 Å². The van der Waals surface area contributed by atoms with Gasteiger partial charge in [-0.05, 0) is 33.4 Å². The molecule has 1 N–H and O–H groups in total. The summed E-state index contributed by atoms with van der Waals surface area (Å²) in [4.78, 5) is 0. The number of nitrogens with one attached hydrogen (secondary N) is 1. The van der Waals surface area contributed by atoms with Crippen LogP contribution in [-0.2, 0) is 22.9 Å². The second-order valence-electron chi connectivity index (χ2n) is 5.26. The molecule has 0 fully saturated rings. The van der Waals surface area contributed by atoms with E-state index in [1.807, 2.05) is 13.0 Å². The highest BCUT2D eigenvalue weighted by atomic mass is 32.2. The van der Waals surface area contributed by atoms with Gasteiger partial charge >= 0.3 is 0 Å². The van der Waals surface area contributed by atoms with Crippen molar-refractivity contribution in [2.75, 3.05) is 12.3 Å². The first-order valence-corrected chi connectivity index (χ1v) is 7.87. The molecule has 0 aliphatic carbocycles. The standard InChI is InChI=1S/C12H23N3O2S/c1-5-13-10-11-6-7-14-15(11)8-9-18(16,17)12(2,3)4/h6-7,13H,5,8-10H2,1-4H3. The van der Waals surface area contributed by atoms with E-state index in [1.165, 1.54) is 0 Å². The number of rotatable bonds is 6. The van der Waals surface area contributed by atoms with Gasteiger partial charge in [-0.15, -0.1) is 0 Å². The molecule has 0 aliphatic rings. The van der Waals surface area contributed by atoms with Gasteiger partial charge in [-0.3, -0.25) is 4.68 Å². The van der Waals surface area contributed by atoms with Crippen LogP contribution in [0.15, 0.2) is 12.3 Å². The summed E-state index contributed by atoms with van der Waals surface area (Å²) in [6.45, 7) is 9.22. The van der Waals surface area contributed by atoms with Crippen molar-refractivity contribution in [3.63, 3.8) is 0 Å². The number of nitrogens with zero attached hydrogens (tertiary/aromatic N) is 2. The van der Waals surface area contributed by atoms with Gasteiger partial charge < -0.3 is 5.32 Å². The van der Waals surface area contributed by atoms with E-state index in [-0.39, 0.29) is 5.75 Å². The fourth-order valence-electron chi connectivity index (χ4n) is 1.48. The Morgan fingerprint density at radius 3 is 2.61 bits per heavy atom. The van der Waals surface area contributed by atoms with Gasteiger partial charge in [0.25, 0.3) is 0 Å². The Balaban J connectivity index is 2.67. The first-order chi connectivity index (χ1) is 8.28. The molecule has 6 heteroatoms. The van der Waals surface area contributed by atoms with E-state index in [2.05, 4.69) is 10.4 Å². The zero-order chi connectivity index (χ0) is 13.8. The first-order valence-electron chi connectivity index (χ1n) is 6.21. The van der Waals surface area contributed by atoms with E-state index < -0.39 is 14.6 Å². The van der Waals surface area contributed by atoms with Crippen LogP contribution in [-0.4, -0.2) is 35.2 Å². The predicted molar refractivity (Wildman–Crippen MR) is 73.1 cm³/mol. The van der Waals surface area contributed by atoms with Gasteiger partial charge in [0.05, 0.1) is 22.7 Å². The Kier molecular flexibility index (Phi) is 4.92. The summed E-state index contributed by atoms with van der Waals surface area (Å²) in [5.41, 5.74) is 1.01.